The van der Waals surface area contributed by atoms with Crippen molar-refractivity contribution in [1.82, 2.24) is 29.3 Å². The molecule has 3 N–H and O–H groups in total. The van der Waals surface area contributed by atoms with Crippen LogP contribution in [0.1, 0.15) is 82.1 Å². The van der Waals surface area contributed by atoms with E-state index in [0.717, 1.165) is 107 Å². The number of hydrogen-bond donors (Lipinski definition) is 3. The summed E-state index contributed by atoms with van der Waals surface area (Å²) < 4.78 is 1.94. The van der Waals surface area contributed by atoms with Gasteiger partial charge in [-0.15, -0.1) is 0 Å². The van der Waals surface area contributed by atoms with Crippen molar-refractivity contribution in [2.75, 3.05) is 25.0 Å². The smallest absolute Gasteiger partial charge is 0.306 e. The lowest BCUT2D eigenvalue weighted by molar-refractivity contribution is -0.143. The van der Waals surface area contributed by atoms with Gasteiger partial charge in [-0.1, -0.05) is 30.3 Å². The molecule has 3 aromatic heterocycles. The fourth-order valence-corrected chi connectivity index (χ4v) is 8.93. The lowest BCUT2D eigenvalue weighted by Crippen LogP contribution is -2.42. The highest BCUT2D eigenvalue weighted by molar-refractivity contribution is 6.03. The molecule has 0 unspecified atom stereocenters. The van der Waals surface area contributed by atoms with Crippen LogP contribution in [-0.4, -0.2) is 83.2 Å². The van der Waals surface area contributed by atoms with Crippen LogP contribution in [0.2, 0.25) is 0 Å². The van der Waals surface area contributed by atoms with Crippen LogP contribution in [0.5, 0.6) is 0 Å². The lowest BCUT2D eigenvalue weighted by Gasteiger charge is -2.37. The Hall–Kier alpha value is -4.97. The minimum absolute atomic E-state index is 0.233. The van der Waals surface area contributed by atoms with E-state index in [9.17, 15) is 19.8 Å². The predicted octanol–water partition coefficient (Wildman–Crippen LogP) is 6.06. The van der Waals surface area contributed by atoms with Crippen molar-refractivity contribution in [3.05, 3.63) is 106 Å². The summed E-state index contributed by atoms with van der Waals surface area (Å²) in [6, 6.07) is 17.0. The maximum atomic E-state index is 13.8. The summed E-state index contributed by atoms with van der Waals surface area (Å²) in [5, 5.41) is 23.6. The van der Waals surface area contributed by atoms with Gasteiger partial charge in [0, 0.05) is 87.8 Å². The van der Waals surface area contributed by atoms with Crippen molar-refractivity contribution in [3.63, 3.8) is 0 Å². The number of benzene rings is 2. The number of pyridine rings is 2. The third kappa shape index (κ3) is 7.15. The second-order valence-corrected chi connectivity index (χ2v) is 15.5. The van der Waals surface area contributed by atoms with Gasteiger partial charge < -0.3 is 20.1 Å². The Balaban J connectivity index is 0.978. The molecule has 2 aliphatic heterocycles. The number of imidazole rings is 1. The summed E-state index contributed by atoms with van der Waals surface area (Å²) in [4.78, 5) is 44.4. The maximum Gasteiger partial charge on any atom is 0.306 e. The number of aliphatic hydroxyl groups is 1. The molecule has 5 aromatic rings. The van der Waals surface area contributed by atoms with E-state index in [1.54, 1.807) is 0 Å². The largest absolute Gasteiger partial charge is 0.481 e. The van der Waals surface area contributed by atoms with E-state index >= 15 is 0 Å². The summed E-state index contributed by atoms with van der Waals surface area (Å²) in [7, 11) is 1.92. The number of aliphatic carboxylic acids is 1. The van der Waals surface area contributed by atoms with Crippen molar-refractivity contribution >= 4 is 28.5 Å². The van der Waals surface area contributed by atoms with Crippen LogP contribution < -0.4 is 5.32 Å². The van der Waals surface area contributed by atoms with E-state index in [4.69, 9.17) is 15.0 Å². The monoisotopic (exact) mass is 727 g/mol. The number of amides is 1. The number of aromatic nitrogens is 4. The summed E-state index contributed by atoms with van der Waals surface area (Å²) in [6.45, 7) is 8.14. The van der Waals surface area contributed by atoms with Crippen LogP contribution in [-0.2, 0) is 37.8 Å². The molecule has 3 aliphatic rings. The molecule has 11 heteroatoms. The second-order valence-electron chi connectivity index (χ2n) is 15.5. The molecule has 2 fully saturated rings. The van der Waals surface area contributed by atoms with E-state index in [0.29, 0.717) is 44.2 Å². The van der Waals surface area contributed by atoms with Gasteiger partial charge in [0.15, 0.2) is 5.82 Å². The topological polar surface area (TPSA) is 137 Å². The summed E-state index contributed by atoms with van der Waals surface area (Å²) >= 11 is 0. The molecular formula is C43H49N7O4. The number of carboxylic acid groups (broad SMARTS) is 1. The first kappa shape index (κ1) is 36.0. The molecular weight excluding hydrogens is 679 g/mol. The molecule has 1 saturated heterocycles. The standard InChI is InChI=1S/C43H49N7O4/c1-26-30(21-37-40-31(14-17-44-37)20-28(22-45-40)23-49-18-15-33(51)24-49)6-4-7-34(26)35-8-5-9-36(27(35)2)47-42(52)41-46-38-25-50(19-16-39(38)48(41)3)32-12-10-29(11-13-32)43(53)54/h4-9,14,17,20,22,29,32-33,51H,10-13,15-16,18-19,21,23-25H2,1-3H3,(H,47,52)(H,53,54)/t29?,32?,33-/m1/s1. The molecule has 0 radical (unpaired) electrons. The number of carbonyl (C=O) groups is 2. The highest BCUT2D eigenvalue weighted by Crippen LogP contribution is 2.35. The Morgan fingerprint density at radius 1 is 0.944 bits per heavy atom. The maximum absolute atomic E-state index is 13.8. The van der Waals surface area contributed by atoms with Crippen molar-refractivity contribution in [1.29, 1.82) is 0 Å². The zero-order valence-corrected chi connectivity index (χ0v) is 31.4. The number of nitrogens with zero attached hydrogens (tertiary/aromatic N) is 6. The van der Waals surface area contributed by atoms with Gasteiger partial charge in [0.1, 0.15) is 0 Å². The van der Waals surface area contributed by atoms with Gasteiger partial charge in [0.05, 0.1) is 28.9 Å². The van der Waals surface area contributed by atoms with Crippen LogP contribution in [0, 0.1) is 19.8 Å². The van der Waals surface area contributed by atoms with Crippen LogP contribution in [0.4, 0.5) is 5.69 Å². The van der Waals surface area contributed by atoms with Gasteiger partial charge >= 0.3 is 5.97 Å². The summed E-state index contributed by atoms with van der Waals surface area (Å²) in [5.74, 6) is -0.750. The number of rotatable bonds is 9. The SMILES string of the molecule is Cc1c(Cc2nccc3cc(CN4CC[C@@H](O)C4)cnc23)cccc1-c1cccc(NC(=O)c2nc3c(n2C)CCN(C2CCC(C(=O)O)CC2)C3)c1C. The highest BCUT2D eigenvalue weighted by Gasteiger charge is 2.33. The first-order valence-electron chi connectivity index (χ1n) is 19.3. The van der Waals surface area contributed by atoms with Crippen LogP contribution in [0.15, 0.2) is 60.9 Å². The minimum atomic E-state index is -0.683. The van der Waals surface area contributed by atoms with Gasteiger partial charge in [-0.2, -0.15) is 0 Å². The number of likely N-dealkylation sites (tertiary alicyclic amines) is 1. The van der Waals surface area contributed by atoms with E-state index < -0.39 is 5.97 Å². The molecule has 2 aromatic carbocycles. The second kappa shape index (κ2) is 15.0. The molecule has 54 heavy (non-hydrogen) atoms. The third-order valence-corrected chi connectivity index (χ3v) is 12.1. The van der Waals surface area contributed by atoms with E-state index in [1.165, 1.54) is 5.56 Å². The molecule has 1 atom stereocenters. The molecule has 11 nitrogen and oxygen atoms in total. The molecule has 1 amide bonds. The number of hydrogen-bond acceptors (Lipinski definition) is 8. The highest BCUT2D eigenvalue weighted by atomic mass is 16.4. The van der Waals surface area contributed by atoms with Gasteiger partial charge in [-0.25, -0.2) is 4.98 Å². The zero-order chi connectivity index (χ0) is 37.5. The zero-order valence-electron chi connectivity index (χ0n) is 31.4. The number of nitrogens with one attached hydrogen (secondary N) is 1. The van der Waals surface area contributed by atoms with Crippen molar-refractivity contribution < 1.29 is 19.8 Å². The lowest BCUT2D eigenvalue weighted by atomic mass is 9.85. The Kier molecular flexibility index (Phi) is 10.0. The number of fused-ring (bicyclic) bond motifs is 2. The molecule has 8 rings (SSSR count). The van der Waals surface area contributed by atoms with Crippen LogP contribution >= 0.6 is 0 Å². The predicted molar refractivity (Wildman–Crippen MR) is 208 cm³/mol. The van der Waals surface area contributed by atoms with Gasteiger partial charge in [-0.05, 0) is 97.5 Å². The van der Waals surface area contributed by atoms with Gasteiger partial charge in [-0.3, -0.25) is 29.4 Å². The van der Waals surface area contributed by atoms with E-state index in [1.807, 2.05) is 49.1 Å². The quantitative estimate of drug-likeness (QED) is 0.166. The average molecular weight is 728 g/mol. The Labute approximate surface area is 316 Å². The van der Waals surface area contributed by atoms with Crippen molar-refractivity contribution in [3.8, 4) is 11.1 Å². The fourth-order valence-electron chi connectivity index (χ4n) is 8.93. The summed E-state index contributed by atoms with van der Waals surface area (Å²) in [5.41, 5.74) is 11.2. The average Bonchev–Trinajstić information content (AvgIpc) is 3.74. The Morgan fingerprint density at radius 2 is 1.72 bits per heavy atom. The summed E-state index contributed by atoms with van der Waals surface area (Å²) in [6.07, 6.45) is 9.03. The molecule has 0 bridgehead atoms. The van der Waals surface area contributed by atoms with Gasteiger partial charge in [0.25, 0.3) is 5.91 Å². The first-order valence-corrected chi connectivity index (χ1v) is 19.3. The number of aliphatic hydroxyl groups excluding tert-OH is 1. The molecule has 0 spiro atoms. The molecule has 1 aliphatic carbocycles. The van der Waals surface area contributed by atoms with E-state index in [-0.39, 0.29) is 17.9 Å². The van der Waals surface area contributed by atoms with Gasteiger partial charge in [0.2, 0.25) is 0 Å². The number of carboxylic acids is 1. The molecule has 5 heterocycles. The number of β-amino-alcohol motifs (C(OH)–C–C–N with tert-alkyl or cyclic N) is 1. The van der Waals surface area contributed by atoms with E-state index in [2.05, 4.69) is 52.4 Å². The normalized spacial score (nSPS) is 20.6. The Bertz CT molecular complexity index is 2220. The molecule has 280 valence electrons. The Morgan fingerprint density at radius 3 is 2.48 bits per heavy atom. The van der Waals surface area contributed by atoms with Crippen LogP contribution in [0.3, 0.4) is 0 Å². The van der Waals surface area contributed by atoms with Crippen LogP contribution in [0.25, 0.3) is 22.0 Å². The first-order chi connectivity index (χ1) is 26.1. The molecule has 1 saturated carbocycles. The number of anilines is 1. The third-order valence-electron chi connectivity index (χ3n) is 12.1. The number of carbonyl (C=O) groups excluding carboxylic acids is 1. The van der Waals surface area contributed by atoms with Crippen molar-refractivity contribution in [2.45, 2.75) is 84.0 Å². The fraction of sp³-hybridized carbons (Fsp3) is 0.419. The van der Waals surface area contributed by atoms with Crippen molar-refractivity contribution in [2.24, 2.45) is 13.0 Å². The minimum Gasteiger partial charge on any atom is -0.481 e.